The maximum absolute atomic E-state index is 11.0. The summed E-state index contributed by atoms with van der Waals surface area (Å²) in [6, 6.07) is 0. The second-order valence-corrected chi connectivity index (χ2v) is 8.90. The first-order valence-corrected chi connectivity index (χ1v) is 10.9. The Morgan fingerprint density at radius 3 is 1.77 bits per heavy atom. The smallest absolute Gasteiger partial charge is 0.333 e. The molecule has 4 rings (SSSR count). The number of cyclic esters (lactones) is 1. The van der Waals surface area contributed by atoms with Gasteiger partial charge >= 0.3 is 5.97 Å². The van der Waals surface area contributed by atoms with Crippen LogP contribution in [0.1, 0.15) is 66.7 Å². The van der Waals surface area contributed by atoms with Crippen LogP contribution in [0.3, 0.4) is 0 Å². The van der Waals surface area contributed by atoms with Crippen LogP contribution in [0.4, 0.5) is 0 Å². The molecule has 2 unspecified atom stereocenters. The van der Waals surface area contributed by atoms with E-state index in [9.17, 15) is 14.4 Å². The lowest BCUT2D eigenvalue weighted by molar-refractivity contribution is -0.139. The van der Waals surface area contributed by atoms with Gasteiger partial charge in [0, 0.05) is 37.3 Å². The van der Waals surface area contributed by atoms with Crippen LogP contribution in [0, 0.1) is 5.41 Å². The molecule has 1 aliphatic carbocycles. The standard InChI is InChI=1S/C7H9NO2.C7H10O2.C7H14O.C3H6O/c1-4-5(2)7(10)8(3)6(4)9;1-3-6-4-5(2)7(8)9-6;1-7(6-8-2)4-3-5-7;1-3-2-4-3/h1-3H3;6H,2-4H2,1H3;3-6H2,1-2H3;3H,2H2,1H3. The Hall–Kier alpha value is -1.99. The summed E-state index contributed by atoms with van der Waals surface area (Å²) in [6.07, 6.45) is 6.42. The van der Waals surface area contributed by atoms with Crippen LogP contribution in [0.15, 0.2) is 23.3 Å². The number of epoxide rings is 1. The molecule has 2 saturated heterocycles. The predicted molar refractivity (Wildman–Crippen MR) is 119 cm³/mol. The van der Waals surface area contributed by atoms with E-state index < -0.39 is 0 Å². The third-order valence-electron chi connectivity index (χ3n) is 5.86. The summed E-state index contributed by atoms with van der Waals surface area (Å²) in [7, 11) is 3.27. The zero-order valence-corrected chi connectivity index (χ0v) is 20.2. The third kappa shape index (κ3) is 8.57. The summed E-state index contributed by atoms with van der Waals surface area (Å²) in [5.41, 5.74) is 2.29. The zero-order chi connectivity index (χ0) is 23.8. The SMILES string of the molecule is C=C1CC(CC)OC1=O.CC1=C(C)C(=O)N(C)C1=O.CC1CO1.COCC1(C)CCC1. The minimum absolute atomic E-state index is 0.102. The molecule has 0 aromatic carbocycles. The maximum atomic E-state index is 11.0. The molecule has 0 N–H and O–H groups in total. The molecule has 7 heteroatoms. The van der Waals surface area contributed by atoms with Gasteiger partial charge in [-0.2, -0.15) is 0 Å². The lowest BCUT2D eigenvalue weighted by Gasteiger charge is -2.37. The Balaban J connectivity index is 0.000000214. The zero-order valence-electron chi connectivity index (χ0n) is 20.2. The molecule has 0 spiro atoms. The van der Waals surface area contributed by atoms with Crippen LogP contribution < -0.4 is 0 Å². The molecule has 7 nitrogen and oxygen atoms in total. The highest BCUT2D eigenvalue weighted by molar-refractivity contribution is 6.18. The number of imide groups is 1. The van der Waals surface area contributed by atoms with Crippen molar-refractivity contribution in [2.75, 3.05) is 27.4 Å². The minimum Gasteiger partial charge on any atom is -0.459 e. The second-order valence-electron chi connectivity index (χ2n) is 8.90. The summed E-state index contributed by atoms with van der Waals surface area (Å²) >= 11 is 0. The van der Waals surface area contributed by atoms with Gasteiger partial charge in [0.1, 0.15) is 6.10 Å². The first-order valence-electron chi connectivity index (χ1n) is 10.9. The molecule has 3 heterocycles. The molecule has 3 aliphatic heterocycles. The maximum Gasteiger partial charge on any atom is 0.333 e. The van der Waals surface area contributed by atoms with Gasteiger partial charge in [-0.1, -0.05) is 26.8 Å². The number of carbonyl (C=O) groups is 3. The van der Waals surface area contributed by atoms with E-state index in [4.69, 9.17) is 14.2 Å². The largest absolute Gasteiger partial charge is 0.459 e. The molecular weight excluding hydrogens is 398 g/mol. The quantitative estimate of drug-likeness (QED) is 0.289. The number of amides is 2. The van der Waals surface area contributed by atoms with Gasteiger partial charge in [0.15, 0.2) is 0 Å². The molecule has 0 aromatic rings. The molecule has 1 saturated carbocycles. The summed E-state index contributed by atoms with van der Waals surface area (Å²) in [5, 5.41) is 0. The topological polar surface area (TPSA) is 85.4 Å². The fourth-order valence-corrected chi connectivity index (χ4v) is 3.15. The van der Waals surface area contributed by atoms with Crippen molar-refractivity contribution in [2.45, 2.75) is 78.9 Å². The van der Waals surface area contributed by atoms with Gasteiger partial charge in [0.05, 0.1) is 19.3 Å². The lowest BCUT2D eigenvalue weighted by atomic mass is 9.71. The van der Waals surface area contributed by atoms with E-state index in [0.717, 1.165) is 31.0 Å². The molecule has 4 aliphatic rings. The molecule has 0 aromatic heterocycles. The normalized spacial score (nSPS) is 25.5. The van der Waals surface area contributed by atoms with E-state index in [0.29, 0.717) is 28.2 Å². The van der Waals surface area contributed by atoms with Crippen LogP contribution >= 0.6 is 0 Å². The van der Waals surface area contributed by atoms with Crippen LogP contribution in [-0.2, 0) is 28.6 Å². The molecule has 3 fully saturated rings. The van der Waals surface area contributed by atoms with Gasteiger partial charge < -0.3 is 14.2 Å². The van der Waals surface area contributed by atoms with Crippen LogP contribution in [-0.4, -0.2) is 62.3 Å². The summed E-state index contributed by atoms with van der Waals surface area (Å²) in [5.74, 6) is -0.577. The van der Waals surface area contributed by atoms with Crippen LogP contribution in [0.25, 0.3) is 0 Å². The number of methoxy groups -OCH3 is 1. The van der Waals surface area contributed by atoms with E-state index >= 15 is 0 Å². The van der Waals surface area contributed by atoms with Gasteiger partial charge in [-0.05, 0) is 45.4 Å². The van der Waals surface area contributed by atoms with Crippen LogP contribution in [0.2, 0.25) is 0 Å². The van der Waals surface area contributed by atoms with Crippen molar-refractivity contribution < 1.29 is 28.6 Å². The second kappa shape index (κ2) is 12.2. The van der Waals surface area contributed by atoms with Gasteiger partial charge in [-0.3, -0.25) is 14.5 Å². The van der Waals surface area contributed by atoms with Gasteiger partial charge in [0.2, 0.25) is 0 Å². The van der Waals surface area contributed by atoms with Crippen molar-refractivity contribution in [1.29, 1.82) is 0 Å². The van der Waals surface area contributed by atoms with Gasteiger partial charge in [-0.15, -0.1) is 0 Å². The van der Waals surface area contributed by atoms with Crippen LogP contribution in [0.5, 0.6) is 0 Å². The number of hydrogen-bond acceptors (Lipinski definition) is 6. The first-order chi connectivity index (χ1) is 14.5. The molecular formula is C24H39NO6. The average Bonchev–Trinajstić information content (AvgIpc) is 3.41. The summed E-state index contributed by atoms with van der Waals surface area (Å²) in [4.78, 5) is 33.7. The number of carbonyl (C=O) groups excluding carboxylic acids is 3. The van der Waals surface area contributed by atoms with Crippen molar-refractivity contribution in [3.05, 3.63) is 23.3 Å². The Kier molecular flexibility index (Phi) is 10.6. The Morgan fingerprint density at radius 2 is 1.65 bits per heavy atom. The number of hydrogen-bond donors (Lipinski definition) is 0. The predicted octanol–water partition coefficient (Wildman–Crippen LogP) is 3.82. The number of nitrogens with zero attached hydrogens (tertiary/aromatic N) is 1. The molecule has 31 heavy (non-hydrogen) atoms. The molecule has 0 bridgehead atoms. The highest BCUT2D eigenvalue weighted by Gasteiger charge is 2.31. The number of rotatable bonds is 3. The Bertz CT molecular complexity index is 663. The fraction of sp³-hybridized carbons (Fsp3) is 0.708. The van der Waals surface area contributed by atoms with Crippen molar-refractivity contribution in [1.82, 2.24) is 4.90 Å². The van der Waals surface area contributed by atoms with Gasteiger partial charge in [0.25, 0.3) is 11.8 Å². The first kappa shape index (κ1) is 27.0. The Morgan fingerprint density at radius 1 is 1.16 bits per heavy atom. The fourth-order valence-electron chi connectivity index (χ4n) is 3.15. The number of likely N-dealkylation sites (N-methyl/N-ethyl adjacent to an activating group) is 1. The molecule has 2 atom stereocenters. The van der Waals surface area contributed by atoms with E-state index in [1.165, 1.54) is 26.3 Å². The molecule has 2 amide bonds. The van der Waals surface area contributed by atoms with E-state index in [-0.39, 0.29) is 23.9 Å². The third-order valence-corrected chi connectivity index (χ3v) is 5.86. The monoisotopic (exact) mass is 437 g/mol. The minimum atomic E-state index is -0.221. The highest BCUT2D eigenvalue weighted by atomic mass is 16.6. The molecule has 0 radical (unpaired) electrons. The van der Waals surface area contributed by atoms with Crippen molar-refractivity contribution in [3.63, 3.8) is 0 Å². The van der Waals surface area contributed by atoms with E-state index in [2.05, 4.69) is 20.4 Å². The van der Waals surface area contributed by atoms with Crippen molar-refractivity contribution in [2.24, 2.45) is 5.41 Å². The van der Waals surface area contributed by atoms with Crippen molar-refractivity contribution >= 4 is 17.8 Å². The average molecular weight is 438 g/mol. The van der Waals surface area contributed by atoms with Gasteiger partial charge in [-0.25, -0.2) is 4.79 Å². The van der Waals surface area contributed by atoms with E-state index in [1.807, 2.05) is 6.92 Å². The lowest BCUT2D eigenvalue weighted by Crippen LogP contribution is -2.30. The van der Waals surface area contributed by atoms with Crippen molar-refractivity contribution in [3.8, 4) is 0 Å². The summed E-state index contributed by atoms with van der Waals surface area (Å²) in [6.45, 7) is 15.2. The number of esters is 1. The highest BCUT2D eigenvalue weighted by Crippen LogP contribution is 2.40. The Labute approximate surface area is 186 Å². The number of ether oxygens (including phenoxy) is 3. The molecule has 176 valence electrons. The van der Waals surface area contributed by atoms with E-state index in [1.54, 1.807) is 21.0 Å². The summed E-state index contributed by atoms with van der Waals surface area (Å²) < 4.78 is 14.6.